The van der Waals surface area contributed by atoms with Crippen LogP contribution in [0.1, 0.15) is 27.7 Å². The molecule has 0 aromatic heterocycles. The average Bonchev–Trinajstić information content (AvgIpc) is 2.49. The van der Waals surface area contributed by atoms with E-state index in [0.717, 1.165) is 16.5 Å². The molecule has 3 nitrogen and oxygen atoms in total. The summed E-state index contributed by atoms with van der Waals surface area (Å²) >= 11 is 0. The first-order valence-electron chi connectivity index (χ1n) is 8.03. The highest BCUT2D eigenvalue weighted by molar-refractivity contribution is 5.88. The Kier molecular flexibility index (Phi) is 5.81. The molecule has 0 saturated carbocycles. The molecule has 0 radical (unpaired) electrons. The summed E-state index contributed by atoms with van der Waals surface area (Å²) in [5, 5.41) is 12.5. The number of fused-ring (bicyclic) bond motifs is 1. The van der Waals surface area contributed by atoms with Gasteiger partial charge in [-0.1, -0.05) is 36.4 Å². The van der Waals surface area contributed by atoms with Crippen LogP contribution in [-0.2, 0) is 0 Å². The van der Waals surface area contributed by atoms with Gasteiger partial charge >= 0.3 is 0 Å². The molecule has 1 atom stereocenters. The van der Waals surface area contributed by atoms with Gasteiger partial charge in [0.2, 0.25) is 0 Å². The van der Waals surface area contributed by atoms with Gasteiger partial charge < -0.3 is 9.84 Å². The van der Waals surface area contributed by atoms with Gasteiger partial charge in [0.15, 0.2) is 0 Å². The van der Waals surface area contributed by atoms with E-state index in [4.69, 9.17) is 4.74 Å². The van der Waals surface area contributed by atoms with Crippen molar-refractivity contribution in [1.82, 2.24) is 4.90 Å². The van der Waals surface area contributed by atoms with Crippen molar-refractivity contribution >= 4 is 10.8 Å². The molecular weight excluding hydrogens is 274 g/mol. The number of nitrogens with zero attached hydrogens (tertiary/aromatic N) is 1. The summed E-state index contributed by atoms with van der Waals surface area (Å²) in [5.41, 5.74) is 0. The normalized spacial score (nSPS) is 13.3. The topological polar surface area (TPSA) is 32.7 Å². The van der Waals surface area contributed by atoms with E-state index in [1.807, 2.05) is 30.3 Å². The Balaban J connectivity index is 1.99. The molecular formula is C19H27NO2. The summed E-state index contributed by atoms with van der Waals surface area (Å²) in [6.07, 6.45) is -0.497. The Hall–Kier alpha value is -1.58. The van der Waals surface area contributed by atoms with Crippen LogP contribution in [0.3, 0.4) is 0 Å². The van der Waals surface area contributed by atoms with Gasteiger partial charge in [0.1, 0.15) is 18.5 Å². The van der Waals surface area contributed by atoms with E-state index in [0.29, 0.717) is 25.2 Å². The Labute approximate surface area is 133 Å². The van der Waals surface area contributed by atoms with Gasteiger partial charge in [-0.15, -0.1) is 0 Å². The molecule has 2 rings (SSSR count). The van der Waals surface area contributed by atoms with E-state index in [1.165, 1.54) is 0 Å². The van der Waals surface area contributed by atoms with Gasteiger partial charge in [-0.25, -0.2) is 0 Å². The molecule has 0 spiro atoms. The van der Waals surface area contributed by atoms with Crippen LogP contribution in [0.4, 0.5) is 0 Å². The molecule has 2 aromatic carbocycles. The van der Waals surface area contributed by atoms with Crippen molar-refractivity contribution in [3.8, 4) is 5.75 Å². The Bertz CT molecular complexity index is 582. The molecule has 0 unspecified atom stereocenters. The second kappa shape index (κ2) is 7.61. The number of rotatable bonds is 7. The maximum atomic E-state index is 10.3. The summed E-state index contributed by atoms with van der Waals surface area (Å²) in [7, 11) is 0. The first kappa shape index (κ1) is 16.8. The molecule has 1 N–H and O–H groups in total. The van der Waals surface area contributed by atoms with Crippen LogP contribution in [0, 0.1) is 0 Å². The maximum Gasteiger partial charge on any atom is 0.127 e. The minimum absolute atomic E-state index is 0.309. The summed E-state index contributed by atoms with van der Waals surface area (Å²) < 4.78 is 5.86. The van der Waals surface area contributed by atoms with Crippen molar-refractivity contribution in [3.05, 3.63) is 42.5 Å². The van der Waals surface area contributed by atoms with Crippen LogP contribution in [0.15, 0.2) is 42.5 Å². The lowest BCUT2D eigenvalue weighted by Gasteiger charge is -2.32. The van der Waals surface area contributed by atoms with Crippen molar-refractivity contribution in [1.29, 1.82) is 0 Å². The minimum Gasteiger partial charge on any atom is -0.490 e. The van der Waals surface area contributed by atoms with Gasteiger partial charge in [-0.2, -0.15) is 0 Å². The number of hydrogen-bond donors (Lipinski definition) is 1. The maximum absolute atomic E-state index is 10.3. The predicted octanol–water partition coefficient (Wildman–Crippen LogP) is 3.70. The van der Waals surface area contributed by atoms with Crippen molar-refractivity contribution in [2.24, 2.45) is 0 Å². The SMILES string of the molecule is CC(C)N(C[C@@H](O)COc1cccc2ccccc12)C(C)C. The number of benzene rings is 2. The third-order valence-electron chi connectivity index (χ3n) is 3.93. The highest BCUT2D eigenvalue weighted by Gasteiger charge is 2.18. The zero-order chi connectivity index (χ0) is 16.1. The van der Waals surface area contributed by atoms with Gasteiger partial charge in [0, 0.05) is 24.0 Å². The van der Waals surface area contributed by atoms with Gasteiger partial charge in [0.25, 0.3) is 0 Å². The van der Waals surface area contributed by atoms with Crippen LogP contribution in [0.5, 0.6) is 5.75 Å². The zero-order valence-corrected chi connectivity index (χ0v) is 14.0. The van der Waals surface area contributed by atoms with Gasteiger partial charge in [-0.3, -0.25) is 4.90 Å². The van der Waals surface area contributed by atoms with E-state index in [1.54, 1.807) is 0 Å². The van der Waals surface area contributed by atoms with Crippen LogP contribution < -0.4 is 4.74 Å². The number of aliphatic hydroxyl groups excluding tert-OH is 1. The summed E-state index contributed by atoms with van der Waals surface area (Å²) in [4.78, 5) is 2.27. The third kappa shape index (κ3) is 4.21. The Morgan fingerprint density at radius 2 is 1.59 bits per heavy atom. The van der Waals surface area contributed by atoms with E-state index in [-0.39, 0.29) is 0 Å². The molecule has 0 aliphatic carbocycles. The zero-order valence-electron chi connectivity index (χ0n) is 14.0. The van der Waals surface area contributed by atoms with Crippen LogP contribution in [0.25, 0.3) is 10.8 Å². The number of aliphatic hydroxyl groups is 1. The lowest BCUT2D eigenvalue weighted by molar-refractivity contribution is 0.0449. The van der Waals surface area contributed by atoms with Gasteiger partial charge in [0.05, 0.1) is 0 Å². The predicted molar refractivity (Wildman–Crippen MR) is 92.4 cm³/mol. The molecule has 0 aliphatic heterocycles. The molecule has 120 valence electrons. The molecule has 0 bridgehead atoms. The summed E-state index contributed by atoms with van der Waals surface area (Å²) in [5.74, 6) is 0.831. The first-order chi connectivity index (χ1) is 10.5. The largest absolute Gasteiger partial charge is 0.490 e. The van der Waals surface area contributed by atoms with Crippen molar-refractivity contribution in [3.63, 3.8) is 0 Å². The summed E-state index contributed by atoms with van der Waals surface area (Å²) in [6.45, 7) is 9.54. The average molecular weight is 301 g/mol. The lowest BCUT2D eigenvalue weighted by Crippen LogP contribution is -2.43. The fraction of sp³-hybridized carbons (Fsp3) is 0.474. The van der Waals surface area contributed by atoms with Crippen molar-refractivity contribution < 1.29 is 9.84 Å². The Morgan fingerprint density at radius 3 is 2.27 bits per heavy atom. The smallest absolute Gasteiger partial charge is 0.127 e. The van der Waals surface area contributed by atoms with Crippen LogP contribution >= 0.6 is 0 Å². The molecule has 0 saturated heterocycles. The van der Waals surface area contributed by atoms with E-state index < -0.39 is 6.10 Å². The van der Waals surface area contributed by atoms with Crippen LogP contribution in [0.2, 0.25) is 0 Å². The van der Waals surface area contributed by atoms with Gasteiger partial charge in [-0.05, 0) is 39.1 Å². The van der Waals surface area contributed by atoms with Crippen LogP contribution in [-0.4, -0.2) is 41.3 Å². The molecule has 0 fully saturated rings. The molecule has 0 aliphatic rings. The standard InChI is InChI=1S/C19H27NO2/c1-14(2)20(15(3)4)12-17(21)13-22-19-11-7-9-16-8-5-6-10-18(16)19/h5-11,14-15,17,21H,12-13H2,1-4H3/t17-/m1/s1. The van der Waals surface area contributed by atoms with Crippen molar-refractivity contribution in [2.45, 2.75) is 45.9 Å². The fourth-order valence-electron chi connectivity index (χ4n) is 2.82. The molecule has 0 amide bonds. The second-order valence-electron chi connectivity index (χ2n) is 6.33. The van der Waals surface area contributed by atoms with Crippen molar-refractivity contribution in [2.75, 3.05) is 13.2 Å². The number of hydrogen-bond acceptors (Lipinski definition) is 3. The molecule has 2 aromatic rings. The Morgan fingerprint density at radius 1 is 0.955 bits per heavy atom. The fourth-order valence-corrected chi connectivity index (χ4v) is 2.82. The highest BCUT2D eigenvalue weighted by atomic mass is 16.5. The second-order valence-corrected chi connectivity index (χ2v) is 6.33. The third-order valence-corrected chi connectivity index (χ3v) is 3.93. The van der Waals surface area contributed by atoms with E-state index in [9.17, 15) is 5.11 Å². The molecule has 3 heteroatoms. The lowest BCUT2D eigenvalue weighted by atomic mass is 10.1. The summed E-state index contributed by atoms with van der Waals surface area (Å²) in [6, 6.07) is 15.0. The quantitative estimate of drug-likeness (QED) is 0.846. The van der Waals surface area contributed by atoms with E-state index >= 15 is 0 Å². The first-order valence-corrected chi connectivity index (χ1v) is 8.03. The highest BCUT2D eigenvalue weighted by Crippen LogP contribution is 2.25. The monoisotopic (exact) mass is 301 g/mol. The molecule has 0 heterocycles. The molecule has 22 heavy (non-hydrogen) atoms. The minimum atomic E-state index is -0.497. The number of ether oxygens (including phenoxy) is 1. The van der Waals surface area contributed by atoms with E-state index in [2.05, 4.69) is 44.7 Å².